The minimum absolute atomic E-state index is 0.0830. The van der Waals surface area contributed by atoms with E-state index >= 15 is 0 Å². The summed E-state index contributed by atoms with van der Waals surface area (Å²) in [6, 6.07) is 5.67. The van der Waals surface area contributed by atoms with Crippen molar-refractivity contribution in [2.75, 3.05) is 26.3 Å². The van der Waals surface area contributed by atoms with Gasteiger partial charge < -0.3 is 14.4 Å². The lowest BCUT2D eigenvalue weighted by atomic mass is 9.78. The summed E-state index contributed by atoms with van der Waals surface area (Å²) in [5.74, 6) is 1.57. The molecule has 154 valence electrons. The Morgan fingerprint density at radius 2 is 1.97 bits per heavy atom. The number of hydrogen-bond acceptors (Lipinski definition) is 5. The van der Waals surface area contributed by atoms with Gasteiger partial charge in [-0.1, -0.05) is 0 Å². The van der Waals surface area contributed by atoms with E-state index in [-0.39, 0.29) is 11.5 Å². The van der Waals surface area contributed by atoms with Crippen molar-refractivity contribution in [1.82, 2.24) is 14.9 Å². The van der Waals surface area contributed by atoms with E-state index in [0.29, 0.717) is 11.5 Å². The van der Waals surface area contributed by atoms with Crippen LogP contribution in [0.2, 0.25) is 0 Å². The quantitative estimate of drug-likeness (QED) is 0.773. The second-order valence-corrected chi connectivity index (χ2v) is 8.19. The zero-order valence-corrected chi connectivity index (χ0v) is 17.0. The second-order valence-electron chi connectivity index (χ2n) is 8.19. The Kier molecular flexibility index (Phi) is 6.09. The molecule has 6 heteroatoms. The van der Waals surface area contributed by atoms with E-state index in [2.05, 4.69) is 9.97 Å². The number of carbonyl (C=O) groups excluding carboxylic acids is 1. The monoisotopic (exact) mass is 395 g/mol. The summed E-state index contributed by atoms with van der Waals surface area (Å²) in [6.07, 6.45) is 11.9. The number of pyridine rings is 2. The highest BCUT2D eigenvalue weighted by Gasteiger charge is 2.41. The smallest absolute Gasteiger partial charge is 0.255 e. The highest BCUT2D eigenvalue weighted by molar-refractivity contribution is 5.95. The van der Waals surface area contributed by atoms with Gasteiger partial charge in [0.05, 0.1) is 17.8 Å². The summed E-state index contributed by atoms with van der Waals surface area (Å²) < 4.78 is 12.1. The lowest BCUT2D eigenvalue weighted by Crippen LogP contribution is -2.51. The highest BCUT2D eigenvalue weighted by Crippen LogP contribution is 2.39. The zero-order valence-electron chi connectivity index (χ0n) is 17.0. The number of ether oxygens (including phenoxy) is 2. The van der Waals surface area contributed by atoms with E-state index in [1.165, 1.54) is 0 Å². The summed E-state index contributed by atoms with van der Waals surface area (Å²) in [4.78, 5) is 22.9. The first-order valence-corrected chi connectivity index (χ1v) is 10.5. The van der Waals surface area contributed by atoms with E-state index in [0.717, 1.165) is 69.7 Å². The molecule has 4 rings (SSSR count). The lowest BCUT2D eigenvalue weighted by molar-refractivity contribution is -0.125. The van der Waals surface area contributed by atoms with Crippen molar-refractivity contribution < 1.29 is 14.3 Å². The van der Waals surface area contributed by atoms with Crippen molar-refractivity contribution in [1.29, 1.82) is 0 Å². The van der Waals surface area contributed by atoms with Crippen LogP contribution in [0, 0.1) is 12.8 Å². The average Bonchev–Trinajstić information content (AvgIpc) is 2.75. The molecular weight excluding hydrogens is 366 g/mol. The van der Waals surface area contributed by atoms with E-state index in [1.807, 2.05) is 30.0 Å². The molecule has 2 aliphatic rings. The molecule has 1 spiro atoms. The van der Waals surface area contributed by atoms with Crippen molar-refractivity contribution in [2.45, 2.75) is 44.6 Å². The number of amides is 1. The molecule has 2 aliphatic heterocycles. The van der Waals surface area contributed by atoms with Crippen LogP contribution in [0.25, 0.3) is 0 Å². The summed E-state index contributed by atoms with van der Waals surface area (Å²) in [5.41, 5.74) is 1.60. The zero-order chi connectivity index (χ0) is 20.1. The van der Waals surface area contributed by atoms with E-state index in [9.17, 15) is 4.79 Å². The van der Waals surface area contributed by atoms with Gasteiger partial charge in [0.25, 0.3) is 5.91 Å². The number of piperidine rings is 1. The fraction of sp³-hybridized carbons (Fsp3) is 0.522. The van der Waals surface area contributed by atoms with Gasteiger partial charge in [0, 0.05) is 44.5 Å². The number of carbonyl (C=O) groups is 1. The van der Waals surface area contributed by atoms with Gasteiger partial charge in [-0.15, -0.1) is 0 Å². The molecule has 0 aromatic carbocycles. The number of nitrogens with zero attached hydrogens (tertiary/aromatic N) is 3. The normalized spacial score (nSPS) is 21.1. The van der Waals surface area contributed by atoms with Crippen LogP contribution in [-0.2, 0) is 4.74 Å². The molecule has 0 aliphatic carbocycles. The molecule has 2 aromatic heterocycles. The number of rotatable bonds is 5. The maximum atomic E-state index is 12.9. The van der Waals surface area contributed by atoms with Gasteiger partial charge in [-0.2, -0.15) is 0 Å². The first-order chi connectivity index (χ1) is 14.2. The maximum absolute atomic E-state index is 12.9. The highest BCUT2D eigenvalue weighted by atomic mass is 16.5. The van der Waals surface area contributed by atoms with Crippen LogP contribution in [0.15, 0.2) is 43.0 Å². The Balaban J connectivity index is 1.28. The Morgan fingerprint density at radius 1 is 1.21 bits per heavy atom. The SMILES string of the molecule is Cc1ccncc1C(=O)N1CCC2(CC1)CC(CCOc1ccncc1)CCO2. The molecule has 2 fully saturated rings. The van der Waals surface area contributed by atoms with Crippen molar-refractivity contribution in [3.63, 3.8) is 0 Å². The Labute approximate surface area is 172 Å². The summed E-state index contributed by atoms with van der Waals surface area (Å²) in [5, 5.41) is 0. The topological polar surface area (TPSA) is 64.6 Å². The molecule has 0 bridgehead atoms. The van der Waals surface area contributed by atoms with Gasteiger partial charge in [0.1, 0.15) is 5.75 Å². The first-order valence-electron chi connectivity index (χ1n) is 10.5. The second kappa shape index (κ2) is 8.91. The van der Waals surface area contributed by atoms with E-state index in [4.69, 9.17) is 9.47 Å². The van der Waals surface area contributed by atoms with Crippen molar-refractivity contribution >= 4 is 5.91 Å². The standard InChI is InChI=1S/C23H29N3O3/c1-18-2-9-25-17-21(18)22(27)26-12-7-23(8-13-26)16-19(6-15-29-23)5-14-28-20-3-10-24-11-4-20/h2-4,9-11,17,19H,5-8,12-16H2,1H3. The number of aryl methyl sites for hydroxylation is 1. The molecule has 4 heterocycles. The van der Waals surface area contributed by atoms with Crippen LogP contribution in [0.3, 0.4) is 0 Å². The third-order valence-corrected chi connectivity index (χ3v) is 6.27. The van der Waals surface area contributed by atoms with Gasteiger partial charge >= 0.3 is 0 Å². The van der Waals surface area contributed by atoms with E-state index in [1.54, 1.807) is 24.8 Å². The molecule has 0 radical (unpaired) electrons. The molecule has 2 aromatic rings. The first kappa shape index (κ1) is 19.8. The molecule has 0 N–H and O–H groups in total. The Hall–Kier alpha value is -2.47. The number of aromatic nitrogens is 2. The maximum Gasteiger partial charge on any atom is 0.255 e. The van der Waals surface area contributed by atoms with Gasteiger partial charge in [-0.3, -0.25) is 14.8 Å². The summed E-state index contributed by atoms with van der Waals surface area (Å²) in [6.45, 7) is 4.97. The van der Waals surface area contributed by atoms with Crippen LogP contribution >= 0.6 is 0 Å². The van der Waals surface area contributed by atoms with E-state index < -0.39 is 0 Å². The fourth-order valence-electron chi connectivity index (χ4n) is 4.48. The van der Waals surface area contributed by atoms with Crippen LogP contribution in [0.4, 0.5) is 0 Å². The minimum atomic E-state index is -0.0830. The van der Waals surface area contributed by atoms with Crippen LogP contribution in [-0.4, -0.2) is 52.7 Å². The molecule has 29 heavy (non-hydrogen) atoms. The summed E-state index contributed by atoms with van der Waals surface area (Å²) >= 11 is 0. The number of likely N-dealkylation sites (tertiary alicyclic amines) is 1. The van der Waals surface area contributed by atoms with Crippen molar-refractivity contribution in [3.8, 4) is 5.75 Å². The molecule has 6 nitrogen and oxygen atoms in total. The summed E-state index contributed by atoms with van der Waals surface area (Å²) in [7, 11) is 0. The average molecular weight is 396 g/mol. The molecule has 1 amide bonds. The van der Waals surface area contributed by atoms with Crippen LogP contribution in [0.5, 0.6) is 5.75 Å². The number of hydrogen-bond donors (Lipinski definition) is 0. The lowest BCUT2D eigenvalue weighted by Gasteiger charge is -2.46. The van der Waals surface area contributed by atoms with Crippen molar-refractivity contribution in [2.24, 2.45) is 5.92 Å². The molecular formula is C23H29N3O3. The van der Waals surface area contributed by atoms with Gasteiger partial charge in [-0.05, 0) is 68.7 Å². The largest absolute Gasteiger partial charge is 0.493 e. The van der Waals surface area contributed by atoms with Gasteiger partial charge in [0.2, 0.25) is 0 Å². The third kappa shape index (κ3) is 4.75. The van der Waals surface area contributed by atoms with Gasteiger partial charge in [0.15, 0.2) is 0 Å². The van der Waals surface area contributed by atoms with Gasteiger partial charge in [-0.25, -0.2) is 0 Å². The minimum Gasteiger partial charge on any atom is -0.493 e. The molecule has 0 saturated carbocycles. The molecule has 2 saturated heterocycles. The van der Waals surface area contributed by atoms with Crippen LogP contribution in [0.1, 0.15) is 48.0 Å². The Bertz CT molecular complexity index is 819. The predicted octanol–water partition coefficient (Wildman–Crippen LogP) is 3.66. The molecule has 1 unspecified atom stereocenters. The fourth-order valence-corrected chi connectivity index (χ4v) is 4.48. The van der Waals surface area contributed by atoms with Crippen molar-refractivity contribution in [3.05, 3.63) is 54.1 Å². The predicted molar refractivity (Wildman–Crippen MR) is 110 cm³/mol. The van der Waals surface area contributed by atoms with Crippen LogP contribution < -0.4 is 4.74 Å². The third-order valence-electron chi connectivity index (χ3n) is 6.27. The Morgan fingerprint density at radius 3 is 2.72 bits per heavy atom. The molecule has 1 atom stereocenters.